The van der Waals surface area contributed by atoms with Crippen LogP contribution in [-0.2, 0) is 4.79 Å². The molecule has 1 atom stereocenters. The number of nitrogens with two attached hydrogens (primary N) is 1. The molecule has 3 aromatic heterocycles. The molecule has 3 heterocycles. The Hall–Kier alpha value is -3.56. The Kier molecular flexibility index (Phi) is 4.38. The summed E-state index contributed by atoms with van der Waals surface area (Å²) >= 11 is 0. The third kappa shape index (κ3) is 3.13. The molecule has 10 heteroatoms. The minimum Gasteiger partial charge on any atom is -0.383 e. The van der Waals surface area contributed by atoms with E-state index in [1.165, 1.54) is 4.68 Å². The molecule has 8 nitrogen and oxygen atoms in total. The molecule has 0 aliphatic rings. The lowest BCUT2D eigenvalue weighted by Gasteiger charge is -2.12. The second-order valence-corrected chi connectivity index (χ2v) is 6.38. The maximum Gasteiger partial charge on any atom is 0.255 e. The van der Waals surface area contributed by atoms with Gasteiger partial charge in [0.25, 0.3) is 6.43 Å². The summed E-state index contributed by atoms with van der Waals surface area (Å²) in [5.41, 5.74) is 9.08. The van der Waals surface area contributed by atoms with E-state index in [4.69, 9.17) is 5.73 Å². The van der Waals surface area contributed by atoms with Crippen LogP contribution >= 0.6 is 0 Å². The highest BCUT2D eigenvalue weighted by Crippen LogP contribution is 2.30. The average Bonchev–Trinajstić information content (AvgIpc) is 3.35. The second-order valence-electron chi connectivity index (χ2n) is 6.38. The molecule has 144 valence electrons. The van der Waals surface area contributed by atoms with Crippen molar-refractivity contribution in [3.8, 4) is 11.3 Å². The van der Waals surface area contributed by atoms with E-state index < -0.39 is 24.9 Å². The quantitative estimate of drug-likeness (QED) is 0.488. The van der Waals surface area contributed by atoms with Crippen LogP contribution < -0.4 is 11.1 Å². The van der Waals surface area contributed by atoms with Gasteiger partial charge in [-0.3, -0.25) is 14.6 Å². The minimum absolute atomic E-state index is 0.274. The first-order valence-electron chi connectivity index (χ1n) is 8.57. The molecule has 4 aromatic rings. The third-order valence-electron chi connectivity index (χ3n) is 4.52. The monoisotopic (exact) mass is 385 g/mol. The van der Waals surface area contributed by atoms with Gasteiger partial charge in [0.2, 0.25) is 5.91 Å². The van der Waals surface area contributed by atoms with Crippen molar-refractivity contribution in [2.45, 2.75) is 19.4 Å². The Bertz CT molecular complexity index is 1150. The maximum absolute atomic E-state index is 12.3. The first kappa shape index (κ1) is 17.8. The highest BCUT2D eigenvalue weighted by molar-refractivity contribution is 6.08. The van der Waals surface area contributed by atoms with Crippen molar-refractivity contribution < 1.29 is 13.6 Å². The van der Waals surface area contributed by atoms with E-state index in [0.717, 1.165) is 16.6 Å². The number of aromatic amines is 1. The highest BCUT2D eigenvalue weighted by atomic mass is 19.3. The van der Waals surface area contributed by atoms with Crippen LogP contribution in [0.4, 0.5) is 14.6 Å². The van der Waals surface area contributed by atoms with Gasteiger partial charge < -0.3 is 11.1 Å². The van der Waals surface area contributed by atoms with Gasteiger partial charge in [0.05, 0.1) is 23.1 Å². The second kappa shape index (κ2) is 6.87. The van der Waals surface area contributed by atoms with Gasteiger partial charge in [-0.05, 0) is 25.1 Å². The number of carbonyl (C=O) groups excluding carboxylic acids is 1. The number of fused-ring (bicyclic) bond motifs is 3. The zero-order valence-electron chi connectivity index (χ0n) is 14.9. The van der Waals surface area contributed by atoms with Crippen LogP contribution in [0, 0.1) is 0 Å². The standard InChI is InChI=1S/C18H17F2N7O/c1-9(18(28)22-7-15(19)20)27-8-12-16(26-27)11-3-2-10(13-4-5-23-25-13)6-14(11)24-17(12)21/h2-6,8-9,15H,7H2,1H3,(H2,21,24)(H,22,28)(H,23,25). The number of nitrogens with one attached hydrogen (secondary N) is 2. The number of rotatable bonds is 5. The van der Waals surface area contributed by atoms with E-state index in [2.05, 4.69) is 25.6 Å². The molecule has 1 unspecified atom stereocenters. The molecule has 4 N–H and O–H groups in total. The summed E-state index contributed by atoms with van der Waals surface area (Å²) in [5, 5.41) is 14.9. The van der Waals surface area contributed by atoms with E-state index in [1.807, 2.05) is 24.3 Å². The number of halogens is 2. The van der Waals surface area contributed by atoms with E-state index in [-0.39, 0.29) is 5.82 Å². The van der Waals surface area contributed by atoms with Crippen LogP contribution in [-0.4, -0.2) is 43.8 Å². The molecule has 0 aliphatic heterocycles. The molecular formula is C18H17F2N7O. The van der Waals surface area contributed by atoms with E-state index in [0.29, 0.717) is 16.4 Å². The Morgan fingerprint density at radius 2 is 2.14 bits per heavy atom. The molecule has 0 saturated heterocycles. The van der Waals surface area contributed by atoms with Gasteiger partial charge in [-0.2, -0.15) is 10.2 Å². The molecule has 0 spiro atoms. The number of hydrogen-bond donors (Lipinski definition) is 3. The summed E-state index contributed by atoms with van der Waals surface area (Å²) in [7, 11) is 0. The summed E-state index contributed by atoms with van der Waals surface area (Å²) in [6.07, 6.45) is 0.653. The molecule has 0 fully saturated rings. The van der Waals surface area contributed by atoms with Crippen molar-refractivity contribution in [2.24, 2.45) is 0 Å². The zero-order chi connectivity index (χ0) is 19.8. The maximum atomic E-state index is 12.3. The zero-order valence-corrected chi connectivity index (χ0v) is 14.9. The molecule has 0 bridgehead atoms. The molecule has 1 aromatic carbocycles. The van der Waals surface area contributed by atoms with Crippen molar-refractivity contribution >= 4 is 33.5 Å². The lowest BCUT2D eigenvalue weighted by Crippen LogP contribution is -2.34. The Balaban J connectivity index is 1.75. The van der Waals surface area contributed by atoms with Gasteiger partial charge in [-0.1, -0.05) is 6.07 Å². The number of nitrogens with zero attached hydrogens (tertiary/aromatic N) is 4. The molecular weight excluding hydrogens is 368 g/mol. The number of carbonyl (C=O) groups is 1. The van der Waals surface area contributed by atoms with Gasteiger partial charge in [0.1, 0.15) is 17.4 Å². The number of hydrogen-bond acceptors (Lipinski definition) is 5. The van der Waals surface area contributed by atoms with Gasteiger partial charge in [0.15, 0.2) is 0 Å². The number of aromatic nitrogens is 5. The van der Waals surface area contributed by atoms with Gasteiger partial charge in [0, 0.05) is 23.3 Å². The average molecular weight is 385 g/mol. The topological polar surface area (TPSA) is 115 Å². The lowest BCUT2D eigenvalue weighted by atomic mass is 10.1. The van der Waals surface area contributed by atoms with E-state index in [9.17, 15) is 13.6 Å². The fraction of sp³-hybridized carbons (Fsp3) is 0.222. The number of H-pyrrole nitrogens is 1. The molecule has 28 heavy (non-hydrogen) atoms. The molecule has 4 rings (SSSR count). The third-order valence-corrected chi connectivity index (χ3v) is 4.52. The highest BCUT2D eigenvalue weighted by Gasteiger charge is 2.20. The van der Waals surface area contributed by atoms with Gasteiger partial charge in [-0.25, -0.2) is 13.8 Å². The predicted octanol–water partition coefficient (Wildman–Crippen LogP) is 2.50. The van der Waals surface area contributed by atoms with Crippen LogP contribution in [0.1, 0.15) is 13.0 Å². The van der Waals surface area contributed by atoms with E-state index in [1.54, 1.807) is 19.3 Å². The summed E-state index contributed by atoms with van der Waals surface area (Å²) < 4.78 is 26.1. The number of nitrogen functional groups attached to an aromatic ring is 1. The number of pyridine rings is 1. The fourth-order valence-electron chi connectivity index (χ4n) is 3.02. The Morgan fingerprint density at radius 3 is 2.86 bits per heavy atom. The molecule has 0 radical (unpaired) electrons. The van der Waals surface area contributed by atoms with Crippen LogP contribution in [0.15, 0.2) is 36.7 Å². The minimum atomic E-state index is -2.61. The summed E-state index contributed by atoms with van der Waals surface area (Å²) in [6, 6.07) is 6.72. The van der Waals surface area contributed by atoms with Crippen molar-refractivity contribution in [1.82, 2.24) is 30.3 Å². The summed E-state index contributed by atoms with van der Waals surface area (Å²) in [4.78, 5) is 16.5. The predicted molar refractivity (Wildman–Crippen MR) is 101 cm³/mol. The van der Waals surface area contributed by atoms with Crippen LogP contribution in [0.2, 0.25) is 0 Å². The summed E-state index contributed by atoms with van der Waals surface area (Å²) in [5.74, 6) is -0.277. The van der Waals surface area contributed by atoms with Gasteiger partial charge >= 0.3 is 0 Å². The Labute approximate surface area is 157 Å². The van der Waals surface area contributed by atoms with Crippen molar-refractivity contribution in [3.05, 3.63) is 36.7 Å². The molecule has 0 aliphatic carbocycles. The van der Waals surface area contributed by atoms with Crippen molar-refractivity contribution in [3.63, 3.8) is 0 Å². The first-order chi connectivity index (χ1) is 13.4. The lowest BCUT2D eigenvalue weighted by molar-refractivity contribution is -0.124. The van der Waals surface area contributed by atoms with Crippen LogP contribution in [0.5, 0.6) is 0 Å². The van der Waals surface area contributed by atoms with Crippen LogP contribution in [0.3, 0.4) is 0 Å². The smallest absolute Gasteiger partial charge is 0.255 e. The summed E-state index contributed by atoms with van der Waals surface area (Å²) in [6.45, 7) is 0.877. The van der Waals surface area contributed by atoms with Crippen molar-refractivity contribution in [1.29, 1.82) is 0 Å². The van der Waals surface area contributed by atoms with Crippen molar-refractivity contribution in [2.75, 3.05) is 12.3 Å². The number of anilines is 1. The fourth-order valence-corrected chi connectivity index (χ4v) is 3.02. The molecule has 0 saturated carbocycles. The SMILES string of the molecule is CC(C(=O)NCC(F)F)n1cc2c(N)nc3cc(-c4ccn[nH]4)ccc3c2n1. The van der Waals surface area contributed by atoms with E-state index >= 15 is 0 Å². The normalized spacial score (nSPS) is 12.7. The van der Waals surface area contributed by atoms with Crippen LogP contribution in [0.25, 0.3) is 33.1 Å². The largest absolute Gasteiger partial charge is 0.383 e. The number of benzene rings is 1. The Morgan fingerprint density at radius 1 is 1.32 bits per heavy atom. The first-order valence-corrected chi connectivity index (χ1v) is 8.57. The van der Waals surface area contributed by atoms with Gasteiger partial charge in [-0.15, -0.1) is 0 Å². The molecule has 1 amide bonds. The number of amides is 1. The number of alkyl halides is 2.